The van der Waals surface area contributed by atoms with Crippen LogP contribution in [-0.4, -0.2) is 4.98 Å². The molecule has 0 bridgehead atoms. The lowest BCUT2D eigenvalue weighted by Gasteiger charge is -2.22. The molecule has 0 saturated heterocycles. The number of hydrogen-bond donors (Lipinski definition) is 0. The van der Waals surface area contributed by atoms with E-state index in [9.17, 15) is 17.6 Å². The van der Waals surface area contributed by atoms with Crippen LogP contribution in [0.2, 0.25) is 0 Å². The second-order valence-corrected chi connectivity index (χ2v) is 5.46. The van der Waals surface area contributed by atoms with Crippen LogP contribution >= 0.6 is 0 Å². The van der Waals surface area contributed by atoms with Gasteiger partial charge in [-0.25, -0.2) is 4.39 Å². The number of nitrogens with zero attached hydrogens (tertiary/aromatic N) is 1. The van der Waals surface area contributed by atoms with Crippen molar-refractivity contribution in [3.63, 3.8) is 0 Å². The molecular formula is C14H13F4N. The van der Waals surface area contributed by atoms with Gasteiger partial charge in [0.2, 0.25) is 0 Å². The van der Waals surface area contributed by atoms with Gasteiger partial charge >= 0.3 is 6.18 Å². The summed E-state index contributed by atoms with van der Waals surface area (Å²) in [5, 5.41) is 0.417. The highest BCUT2D eigenvalue weighted by atomic mass is 19.4. The summed E-state index contributed by atoms with van der Waals surface area (Å²) in [7, 11) is 0. The highest BCUT2D eigenvalue weighted by Crippen LogP contribution is 2.35. The lowest BCUT2D eigenvalue weighted by molar-refractivity contribution is -0.137. The molecule has 0 amide bonds. The number of hydrogen-bond acceptors (Lipinski definition) is 1. The summed E-state index contributed by atoms with van der Waals surface area (Å²) in [6.45, 7) is 5.42. The molecule has 0 saturated carbocycles. The molecule has 0 fully saturated rings. The van der Waals surface area contributed by atoms with Crippen LogP contribution in [0.25, 0.3) is 10.9 Å². The van der Waals surface area contributed by atoms with Crippen LogP contribution in [-0.2, 0) is 11.6 Å². The molecule has 0 aliphatic heterocycles. The van der Waals surface area contributed by atoms with E-state index in [2.05, 4.69) is 4.98 Å². The number of halogens is 4. The lowest BCUT2D eigenvalue weighted by atomic mass is 9.84. The summed E-state index contributed by atoms with van der Waals surface area (Å²) in [5.41, 5.74) is -0.753. The SMILES string of the molecule is CC(C)(C)c1c(F)cnc2cc(C(F)(F)F)ccc12. The van der Waals surface area contributed by atoms with E-state index in [1.165, 1.54) is 6.07 Å². The van der Waals surface area contributed by atoms with Crippen LogP contribution in [0.3, 0.4) is 0 Å². The molecule has 2 rings (SSSR count). The summed E-state index contributed by atoms with van der Waals surface area (Å²) in [6, 6.07) is 3.19. The van der Waals surface area contributed by atoms with E-state index in [1.54, 1.807) is 0 Å². The normalized spacial score (nSPS) is 13.0. The van der Waals surface area contributed by atoms with Gasteiger partial charge in [-0.15, -0.1) is 0 Å². The Morgan fingerprint density at radius 1 is 1.05 bits per heavy atom. The molecule has 1 heterocycles. The number of aromatic nitrogens is 1. The van der Waals surface area contributed by atoms with Gasteiger partial charge < -0.3 is 0 Å². The average Bonchev–Trinajstić information content (AvgIpc) is 2.25. The maximum absolute atomic E-state index is 13.9. The Morgan fingerprint density at radius 2 is 1.68 bits per heavy atom. The van der Waals surface area contributed by atoms with Crippen molar-refractivity contribution in [2.24, 2.45) is 0 Å². The van der Waals surface area contributed by atoms with Gasteiger partial charge in [-0.3, -0.25) is 4.98 Å². The molecule has 2 aromatic rings. The van der Waals surface area contributed by atoms with Gasteiger partial charge in [0.15, 0.2) is 0 Å². The fraction of sp³-hybridized carbons (Fsp3) is 0.357. The first-order valence-electron chi connectivity index (χ1n) is 5.76. The zero-order valence-electron chi connectivity index (χ0n) is 10.8. The van der Waals surface area contributed by atoms with Gasteiger partial charge in [0.05, 0.1) is 17.3 Å². The molecule has 0 aliphatic rings. The zero-order valence-corrected chi connectivity index (χ0v) is 10.8. The van der Waals surface area contributed by atoms with Crippen molar-refractivity contribution in [2.75, 3.05) is 0 Å². The molecule has 5 heteroatoms. The highest BCUT2D eigenvalue weighted by Gasteiger charge is 2.31. The summed E-state index contributed by atoms with van der Waals surface area (Å²) in [6.07, 6.45) is -3.45. The Labute approximate surface area is 108 Å². The first kappa shape index (κ1) is 13.8. The Balaban J connectivity index is 2.76. The van der Waals surface area contributed by atoms with Crippen molar-refractivity contribution in [3.05, 3.63) is 41.3 Å². The molecule has 0 radical (unpaired) electrons. The molecule has 1 nitrogen and oxygen atoms in total. The number of benzene rings is 1. The van der Waals surface area contributed by atoms with Gasteiger partial charge in [-0.2, -0.15) is 13.2 Å². The second kappa shape index (κ2) is 4.18. The molecule has 1 aromatic heterocycles. The Bertz CT molecular complexity index is 624. The Kier molecular flexibility index (Phi) is 3.03. The molecular weight excluding hydrogens is 258 g/mol. The van der Waals surface area contributed by atoms with E-state index < -0.39 is 23.0 Å². The molecule has 0 atom stereocenters. The highest BCUT2D eigenvalue weighted by molar-refractivity contribution is 5.84. The first-order chi connectivity index (χ1) is 8.60. The molecule has 0 aliphatic carbocycles. The van der Waals surface area contributed by atoms with Gasteiger partial charge in [0.25, 0.3) is 0 Å². The molecule has 0 unspecified atom stereocenters. The van der Waals surface area contributed by atoms with Crippen molar-refractivity contribution >= 4 is 10.9 Å². The predicted molar refractivity (Wildman–Crippen MR) is 65.4 cm³/mol. The van der Waals surface area contributed by atoms with Crippen LogP contribution in [0.5, 0.6) is 0 Å². The quantitative estimate of drug-likeness (QED) is 0.633. The third-order valence-corrected chi connectivity index (χ3v) is 2.90. The minimum atomic E-state index is -4.42. The van der Waals surface area contributed by atoms with Crippen LogP contribution in [0, 0.1) is 5.82 Å². The molecule has 19 heavy (non-hydrogen) atoms. The van der Waals surface area contributed by atoms with Crippen LogP contribution in [0.4, 0.5) is 17.6 Å². The fourth-order valence-electron chi connectivity index (χ4n) is 2.11. The third kappa shape index (κ3) is 2.55. The van der Waals surface area contributed by atoms with Gasteiger partial charge in [0, 0.05) is 10.9 Å². The monoisotopic (exact) mass is 271 g/mol. The maximum Gasteiger partial charge on any atom is 0.416 e. The number of fused-ring (bicyclic) bond motifs is 1. The third-order valence-electron chi connectivity index (χ3n) is 2.90. The van der Waals surface area contributed by atoms with Crippen molar-refractivity contribution in [2.45, 2.75) is 32.4 Å². The topological polar surface area (TPSA) is 12.9 Å². The average molecular weight is 271 g/mol. The molecule has 102 valence electrons. The lowest BCUT2D eigenvalue weighted by Crippen LogP contribution is -2.15. The standard InChI is InChI=1S/C14H13F4N/c1-13(2,3)12-9-5-4-8(14(16,17)18)6-11(9)19-7-10(12)15/h4-7H,1-3H3. The minimum absolute atomic E-state index is 0.154. The van der Waals surface area contributed by atoms with E-state index in [4.69, 9.17) is 0 Å². The van der Waals surface area contributed by atoms with Gasteiger partial charge in [0.1, 0.15) is 5.82 Å². The van der Waals surface area contributed by atoms with Crippen LogP contribution < -0.4 is 0 Å². The smallest absolute Gasteiger partial charge is 0.253 e. The number of alkyl halides is 3. The Morgan fingerprint density at radius 3 is 2.21 bits per heavy atom. The number of rotatable bonds is 0. The largest absolute Gasteiger partial charge is 0.416 e. The molecule has 1 aromatic carbocycles. The van der Waals surface area contributed by atoms with Crippen molar-refractivity contribution in [1.82, 2.24) is 4.98 Å². The van der Waals surface area contributed by atoms with Gasteiger partial charge in [-0.1, -0.05) is 26.8 Å². The van der Waals surface area contributed by atoms with E-state index in [0.29, 0.717) is 10.9 Å². The van der Waals surface area contributed by atoms with E-state index >= 15 is 0 Å². The minimum Gasteiger partial charge on any atom is -0.253 e. The summed E-state index contributed by atoms with van der Waals surface area (Å²) >= 11 is 0. The fourth-order valence-corrected chi connectivity index (χ4v) is 2.11. The zero-order chi connectivity index (χ0) is 14.4. The summed E-state index contributed by atoms with van der Waals surface area (Å²) < 4.78 is 51.7. The maximum atomic E-state index is 13.9. The molecule has 0 spiro atoms. The Hall–Kier alpha value is -1.65. The van der Waals surface area contributed by atoms with Crippen LogP contribution in [0.15, 0.2) is 24.4 Å². The van der Waals surface area contributed by atoms with Crippen molar-refractivity contribution in [3.8, 4) is 0 Å². The first-order valence-corrected chi connectivity index (χ1v) is 5.76. The van der Waals surface area contributed by atoms with Gasteiger partial charge in [-0.05, 0) is 17.5 Å². The number of pyridine rings is 1. The predicted octanol–water partition coefficient (Wildman–Crippen LogP) is 4.69. The van der Waals surface area contributed by atoms with Crippen molar-refractivity contribution in [1.29, 1.82) is 0 Å². The van der Waals surface area contributed by atoms with Crippen LogP contribution in [0.1, 0.15) is 31.9 Å². The summed E-state index contributed by atoms with van der Waals surface area (Å²) in [4.78, 5) is 3.75. The molecule has 0 N–H and O–H groups in total. The van der Waals surface area contributed by atoms with E-state index in [1.807, 2.05) is 20.8 Å². The van der Waals surface area contributed by atoms with E-state index in [0.717, 1.165) is 18.3 Å². The van der Waals surface area contributed by atoms with Crippen molar-refractivity contribution < 1.29 is 17.6 Å². The second-order valence-electron chi connectivity index (χ2n) is 5.46. The van der Waals surface area contributed by atoms with E-state index in [-0.39, 0.29) is 5.52 Å². The summed E-state index contributed by atoms with van der Waals surface area (Å²) in [5.74, 6) is -0.500.